The maximum absolute atomic E-state index is 12.3. The number of likely N-dealkylation sites (tertiary alicyclic amines) is 1. The summed E-state index contributed by atoms with van der Waals surface area (Å²) in [6.45, 7) is 4.05. The molecule has 140 valence electrons. The smallest absolute Gasteiger partial charge is 0.387 e. The lowest BCUT2D eigenvalue weighted by atomic mass is 9.92. The zero-order chi connectivity index (χ0) is 18.4. The lowest BCUT2D eigenvalue weighted by Gasteiger charge is -2.34. The SMILES string of the molecule is COc1cc(CNC(=O)CN2C[C@H](C)C[C@@H](C)C2)ccc1OC(F)F. The lowest BCUT2D eigenvalue weighted by Crippen LogP contribution is -2.44. The molecular formula is C18H26F2N2O3. The van der Waals surface area contributed by atoms with Gasteiger partial charge in [0.1, 0.15) is 0 Å². The van der Waals surface area contributed by atoms with E-state index in [-0.39, 0.29) is 17.4 Å². The summed E-state index contributed by atoms with van der Waals surface area (Å²) in [7, 11) is 1.38. The van der Waals surface area contributed by atoms with Crippen LogP contribution in [0.5, 0.6) is 11.5 Å². The molecule has 1 amide bonds. The first-order chi connectivity index (χ1) is 11.9. The molecule has 1 heterocycles. The van der Waals surface area contributed by atoms with Gasteiger partial charge in [0, 0.05) is 19.6 Å². The molecule has 2 atom stereocenters. The summed E-state index contributed by atoms with van der Waals surface area (Å²) >= 11 is 0. The molecule has 0 bridgehead atoms. The van der Waals surface area contributed by atoms with E-state index >= 15 is 0 Å². The summed E-state index contributed by atoms with van der Waals surface area (Å²) < 4.78 is 34.1. The van der Waals surface area contributed by atoms with Gasteiger partial charge in [0.15, 0.2) is 11.5 Å². The van der Waals surface area contributed by atoms with Crippen molar-refractivity contribution in [2.45, 2.75) is 33.4 Å². The fourth-order valence-corrected chi connectivity index (χ4v) is 3.40. The van der Waals surface area contributed by atoms with Gasteiger partial charge in [-0.15, -0.1) is 0 Å². The number of hydrogen-bond donors (Lipinski definition) is 1. The van der Waals surface area contributed by atoms with Crippen LogP contribution in [0.4, 0.5) is 8.78 Å². The monoisotopic (exact) mass is 356 g/mol. The highest BCUT2D eigenvalue weighted by atomic mass is 19.3. The van der Waals surface area contributed by atoms with Gasteiger partial charge in [-0.3, -0.25) is 9.69 Å². The molecule has 1 aliphatic rings. The van der Waals surface area contributed by atoms with Gasteiger partial charge in [0.2, 0.25) is 5.91 Å². The Morgan fingerprint density at radius 1 is 1.28 bits per heavy atom. The Kier molecular flexibility index (Phi) is 6.99. The highest BCUT2D eigenvalue weighted by molar-refractivity contribution is 5.78. The number of carbonyl (C=O) groups excluding carboxylic acids is 1. The standard InChI is InChI=1S/C18H26F2N2O3/c1-12-6-13(2)10-22(9-12)11-17(23)21-8-14-4-5-15(25-18(19)20)16(7-14)24-3/h4-5,7,12-13,18H,6,8-11H2,1-3H3,(H,21,23)/t12-,13-/m1/s1. The zero-order valence-corrected chi connectivity index (χ0v) is 14.9. The summed E-state index contributed by atoms with van der Waals surface area (Å²) in [4.78, 5) is 14.3. The minimum absolute atomic E-state index is 0.0242. The van der Waals surface area contributed by atoms with Crippen molar-refractivity contribution in [1.29, 1.82) is 0 Å². The number of rotatable bonds is 7. The average molecular weight is 356 g/mol. The van der Waals surface area contributed by atoms with E-state index in [9.17, 15) is 13.6 Å². The Hall–Kier alpha value is -1.89. The molecule has 1 N–H and O–H groups in total. The highest BCUT2D eigenvalue weighted by Gasteiger charge is 2.23. The van der Waals surface area contributed by atoms with Crippen LogP contribution in [-0.2, 0) is 11.3 Å². The van der Waals surface area contributed by atoms with Crippen molar-refractivity contribution < 1.29 is 23.0 Å². The minimum Gasteiger partial charge on any atom is -0.493 e. The second-order valence-corrected chi connectivity index (χ2v) is 6.78. The van der Waals surface area contributed by atoms with E-state index in [4.69, 9.17) is 4.74 Å². The molecule has 0 saturated carbocycles. The van der Waals surface area contributed by atoms with E-state index < -0.39 is 6.61 Å². The molecule has 2 rings (SSSR count). The number of carbonyl (C=O) groups is 1. The van der Waals surface area contributed by atoms with E-state index in [0.717, 1.165) is 18.7 Å². The minimum atomic E-state index is -2.91. The van der Waals surface area contributed by atoms with E-state index in [1.807, 2.05) is 0 Å². The average Bonchev–Trinajstić information content (AvgIpc) is 2.52. The first-order valence-corrected chi connectivity index (χ1v) is 8.48. The molecule has 5 nitrogen and oxygen atoms in total. The number of piperidine rings is 1. The van der Waals surface area contributed by atoms with E-state index in [2.05, 4.69) is 28.8 Å². The number of amides is 1. The largest absolute Gasteiger partial charge is 0.493 e. The molecule has 0 spiro atoms. The quantitative estimate of drug-likeness (QED) is 0.816. The molecule has 0 aromatic heterocycles. The van der Waals surface area contributed by atoms with Gasteiger partial charge in [-0.05, 0) is 36.0 Å². The van der Waals surface area contributed by atoms with Crippen LogP contribution in [-0.4, -0.2) is 44.2 Å². The Morgan fingerprint density at radius 3 is 2.56 bits per heavy atom. The third-order valence-corrected chi connectivity index (χ3v) is 4.25. The summed E-state index contributed by atoms with van der Waals surface area (Å²) in [5.41, 5.74) is 0.757. The lowest BCUT2D eigenvalue weighted by molar-refractivity contribution is -0.123. The van der Waals surface area contributed by atoms with Crippen molar-refractivity contribution in [3.63, 3.8) is 0 Å². The van der Waals surface area contributed by atoms with Crippen LogP contribution in [0.2, 0.25) is 0 Å². The van der Waals surface area contributed by atoms with Gasteiger partial charge in [-0.2, -0.15) is 8.78 Å². The Morgan fingerprint density at radius 2 is 1.96 bits per heavy atom. The van der Waals surface area contributed by atoms with E-state index in [1.165, 1.54) is 19.6 Å². The maximum atomic E-state index is 12.3. The predicted octanol–water partition coefficient (Wildman–Crippen LogP) is 2.89. The van der Waals surface area contributed by atoms with Crippen LogP contribution in [0, 0.1) is 11.8 Å². The second kappa shape index (κ2) is 8.99. The molecule has 1 fully saturated rings. The van der Waals surface area contributed by atoms with E-state index in [1.54, 1.807) is 12.1 Å². The number of alkyl halides is 2. The third-order valence-electron chi connectivity index (χ3n) is 4.25. The number of nitrogens with zero attached hydrogens (tertiary/aromatic N) is 1. The zero-order valence-electron chi connectivity index (χ0n) is 14.9. The van der Waals surface area contributed by atoms with Gasteiger partial charge >= 0.3 is 6.61 Å². The molecule has 1 aromatic rings. The number of hydrogen-bond acceptors (Lipinski definition) is 4. The summed E-state index contributed by atoms with van der Waals surface area (Å²) in [5.74, 6) is 1.34. The molecular weight excluding hydrogens is 330 g/mol. The molecule has 0 radical (unpaired) electrons. The highest BCUT2D eigenvalue weighted by Crippen LogP contribution is 2.29. The van der Waals surface area contributed by atoms with Gasteiger partial charge in [0.25, 0.3) is 0 Å². The fraction of sp³-hybridized carbons (Fsp3) is 0.611. The van der Waals surface area contributed by atoms with E-state index in [0.29, 0.717) is 24.9 Å². The van der Waals surface area contributed by atoms with Crippen LogP contribution in [0.25, 0.3) is 0 Å². The fourth-order valence-electron chi connectivity index (χ4n) is 3.40. The summed E-state index contributed by atoms with van der Waals surface area (Å²) in [5, 5.41) is 2.86. The molecule has 0 unspecified atom stereocenters. The summed E-state index contributed by atoms with van der Waals surface area (Å²) in [6.07, 6.45) is 1.20. The van der Waals surface area contributed by atoms with Crippen LogP contribution < -0.4 is 14.8 Å². The Balaban J connectivity index is 1.86. The second-order valence-electron chi connectivity index (χ2n) is 6.78. The van der Waals surface area contributed by atoms with Crippen LogP contribution in [0.15, 0.2) is 18.2 Å². The van der Waals surface area contributed by atoms with Crippen molar-refractivity contribution in [3.8, 4) is 11.5 Å². The van der Waals surface area contributed by atoms with Crippen molar-refractivity contribution in [3.05, 3.63) is 23.8 Å². The van der Waals surface area contributed by atoms with Gasteiger partial charge in [-0.1, -0.05) is 19.9 Å². The maximum Gasteiger partial charge on any atom is 0.387 e. The number of ether oxygens (including phenoxy) is 2. The topological polar surface area (TPSA) is 50.8 Å². The first kappa shape index (κ1) is 19.4. The molecule has 1 saturated heterocycles. The number of benzene rings is 1. The third kappa shape index (κ3) is 6.16. The number of halogens is 2. The summed E-state index contributed by atoms with van der Waals surface area (Å²) in [6, 6.07) is 4.63. The number of methoxy groups -OCH3 is 1. The molecule has 1 aliphatic heterocycles. The molecule has 7 heteroatoms. The van der Waals surface area contributed by atoms with Crippen LogP contribution in [0.3, 0.4) is 0 Å². The van der Waals surface area contributed by atoms with Crippen molar-refractivity contribution in [2.75, 3.05) is 26.7 Å². The molecule has 25 heavy (non-hydrogen) atoms. The van der Waals surface area contributed by atoms with Crippen LogP contribution >= 0.6 is 0 Å². The van der Waals surface area contributed by atoms with Gasteiger partial charge in [0.05, 0.1) is 13.7 Å². The molecule has 0 aliphatic carbocycles. The van der Waals surface area contributed by atoms with Crippen LogP contribution in [0.1, 0.15) is 25.8 Å². The van der Waals surface area contributed by atoms with Crippen molar-refractivity contribution in [1.82, 2.24) is 10.2 Å². The van der Waals surface area contributed by atoms with Gasteiger partial charge in [-0.25, -0.2) is 0 Å². The normalized spacial score (nSPS) is 21.2. The van der Waals surface area contributed by atoms with Crippen molar-refractivity contribution >= 4 is 5.91 Å². The Labute approximate surface area is 147 Å². The predicted molar refractivity (Wildman–Crippen MR) is 90.9 cm³/mol. The van der Waals surface area contributed by atoms with Gasteiger partial charge < -0.3 is 14.8 Å². The molecule has 1 aromatic carbocycles. The van der Waals surface area contributed by atoms with Crippen molar-refractivity contribution in [2.24, 2.45) is 11.8 Å². The Bertz CT molecular complexity index is 573. The number of nitrogens with one attached hydrogen (secondary N) is 1. The first-order valence-electron chi connectivity index (χ1n) is 8.48.